The summed E-state index contributed by atoms with van der Waals surface area (Å²) in [4.78, 5) is 25.0. The van der Waals surface area contributed by atoms with Crippen LogP contribution in [0.4, 0.5) is 10.2 Å². The van der Waals surface area contributed by atoms with Crippen LogP contribution in [0.15, 0.2) is 30.6 Å². The molecule has 1 fully saturated rings. The molecule has 3 rings (SSSR count). The van der Waals surface area contributed by atoms with Crippen LogP contribution in [0, 0.1) is 18.2 Å². The lowest BCUT2D eigenvalue weighted by molar-refractivity contribution is -0.139. The maximum Gasteiger partial charge on any atom is 0.229 e. The molecule has 0 N–H and O–H groups in total. The van der Waals surface area contributed by atoms with Crippen molar-refractivity contribution < 1.29 is 13.9 Å². The van der Waals surface area contributed by atoms with E-state index in [4.69, 9.17) is 16.3 Å². The maximum atomic E-state index is 13.3. The molecule has 1 saturated heterocycles. The van der Waals surface area contributed by atoms with Crippen molar-refractivity contribution in [2.75, 3.05) is 37.0 Å². The lowest BCUT2D eigenvalue weighted by Crippen LogP contribution is -2.52. The number of anilines is 1. The zero-order valence-electron chi connectivity index (χ0n) is 16.3. The molecule has 150 valence electrons. The second kappa shape index (κ2) is 8.31. The molecular weight excluding hydrogens is 383 g/mol. The number of nitrogens with zero attached hydrogens (tertiary/aromatic N) is 4. The highest BCUT2D eigenvalue weighted by Gasteiger charge is 2.33. The molecule has 6 nitrogen and oxygen atoms in total. The van der Waals surface area contributed by atoms with Gasteiger partial charge in [0.2, 0.25) is 11.8 Å². The van der Waals surface area contributed by atoms with E-state index in [-0.39, 0.29) is 11.7 Å². The summed E-state index contributed by atoms with van der Waals surface area (Å²) >= 11 is 5.93. The second-order valence-corrected chi connectivity index (χ2v) is 7.79. The van der Waals surface area contributed by atoms with Gasteiger partial charge in [-0.15, -0.1) is 11.6 Å². The van der Waals surface area contributed by atoms with Gasteiger partial charge in [0.25, 0.3) is 0 Å². The lowest BCUT2D eigenvalue weighted by atomic mass is 9.94. The summed E-state index contributed by atoms with van der Waals surface area (Å²) in [6, 6.07) is 6.09. The smallest absolute Gasteiger partial charge is 0.229 e. The molecule has 2 aromatic rings. The number of benzene rings is 1. The third-order valence-electron chi connectivity index (χ3n) is 4.78. The first-order valence-electron chi connectivity index (χ1n) is 9.16. The number of rotatable bonds is 5. The number of carbonyl (C=O) groups is 1. The van der Waals surface area contributed by atoms with Gasteiger partial charge in [-0.3, -0.25) is 4.79 Å². The molecule has 28 heavy (non-hydrogen) atoms. The summed E-state index contributed by atoms with van der Waals surface area (Å²) in [5.41, 5.74) is 0.126. The number of alkyl halides is 1. The van der Waals surface area contributed by atoms with Crippen LogP contribution >= 0.6 is 11.6 Å². The minimum atomic E-state index is -0.563. The minimum Gasteiger partial charge on any atom is -0.439 e. The molecule has 0 spiro atoms. The standard InChI is InChI=1S/C20H24ClFN4O2/c1-14-10-15(22)4-5-16(14)28-18-11-17(23-13-24-18)25-6-8-26(9-7-25)19(27)20(2,3)12-21/h4-5,10-11,13H,6-9,12H2,1-3H3. The van der Waals surface area contributed by atoms with Crippen LogP contribution in [0.1, 0.15) is 19.4 Å². The number of hydrogen-bond donors (Lipinski definition) is 0. The van der Waals surface area contributed by atoms with Crippen LogP contribution in [0.25, 0.3) is 0 Å². The van der Waals surface area contributed by atoms with Gasteiger partial charge in [0, 0.05) is 38.1 Å². The first-order valence-corrected chi connectivity index (χ1v) is 9.70. The van der Waals surface area contributed by atoms with Gasteiger partial charge in [-0.05, 0) is 44.5 Å². The topological polar surface area (TPSA) is 58.6 Å². The molecule has 0 aliphatic carbocycles. The van der Waals surface area contributed by atoms with Crippen molar-refractivity contribution in [3.05, 3.63) is 42.0 Å². The molecule has 0 unspecified atom stereocenters. The second-order valence-electron chi connectivity index (χ2n) is 7.52. The number of ether oxygens (including phenoxy) is 1. The molecule has 0 bridgehead atoms. The van der Waals surface area contributed by atoms with Crippen molar-refractivity contribution in [1.82, 2.24) is 14.9 Å². The summed E-state index contributed by atoms with van der Waals surface area (Å²) in [6.07, 6.45) is 1.44. The van der Waals surface area contributed by atoms with Crippen molar-refractivity contribution in [1.29, 1.82) is 0 Å². The number of amides is 1. The molecular formula is C20H24ClFN4O2. The number of halogens is 2. The molecule has 1 aromatic heterocycles. The van der Waals surface area contributed by atoms with E-state index in [2.05, 4.69) is 14.9 Å². The summed E-state index contributed by atoms with van der Waals surface area (Å²) in [5, 5.41) is 0. The molecule has 0 atom stereocenters. The monoisotopic (exact) mass is 406 g/mol. The van der Waals surface area contributed by atoms with Gasteiger partial charge in [-0.25, -0.2) is 14.4 Å². The van der Waals surface area contributed by atoms with Crippen LogP contribution in [0.5, 0.6) is 11.6 Å². The van der Waals surface area contributed by atoms with Crippen LogP contribution in [-0.4, -0.2) is 52.8 Å². The Kier molecular flexibility index (Phi) is 6.03. The third-order valence-corrected chi connectivity index (χ3v) is 5.45. The Morgan fingerprint density at radius 2 is 1.93 bits per heavy atom. The van der Waals surface area contributed by atoms with Gasteiger partial charge in [-0.2, -0.15) is 0 Å². The first-order chi connectivity index (χ1) is 13.3. The van der Waals surface area contributed by atoms with E-state index in [1.165, 1.54) is 18.5 Å². The van der Waals surface area contributed by atoms with E-state index in [9.17, 15) is 9.18 Å². The summed E-state index contributed by atoms with van der Waals surface area (Å²) < 4.78 is 19.0. The normalized spacial score (nSPS) is 14.9. The molecule has 1 amide bonds. The molecule has 2 heterocycles. The van der Waals surface area contributed by atoms with E-state index in [1.807, 2.05) is 18.7 Å². The predicted octanol–water partition coefficient (Wildman–Crippen LogP) is 3.63. The Balaban J connectivity index is 1.66. The summed E-state index contributed by atoms with van der Waals surface area (Å²) in [7, 11) is 0. The molecule has 0 saturated carbocycles. The van der Waals surface area contributed by atoms with E-state index in [1.54, 1.807) is 19.1 Å². The van der Waals surface area contributed by atoms with Gasteiger partial charge in [-0.1, -0.05) is 0 Å². The Morgan fingerprint density at radius 3 is 2.57 bits per heavy atom. The number of hydrogen-bond acceptors (Lipinski definition) is 5. The van der Waals surface area contributed by atoms with Crippen LogP contribution < -0.4 is 9.64 Å². The van der Waals surface area contributed by atoms with Crippen LogP contribution in [0.2, 0.25) is 0 Å². The highest BCUT2D eigenvalue weighted by atomic mass is 35.5. The van der Waals surface area contributed by atoms with Crippen molar-refractivity contribution >= 4 is 23.3 Å². The maximum absolute atomic E-state index is 13.3. The van der Waals surface area contributed by atoms with Gasteiger partial charge >= 0.3 is 0 Å². The highest BCUT2D eigenvalue weighted by molar-refractivity contribution is 6.19. The van der Waals surface area contributed by atoms with Crippen LogP contribution in [0.3, 0.4) is 0 Å². The van der Waals surface area contributed by atoms with Gasteiger partial charge in [0.15, 0.2) is 0 Å². The van der Waals surface area contributed by atoms with E-state index in [0.29, 0.717) is 49.3 Å². The number of aryl methyl sites for hydroxylation is 1. The molecule has 1 aliphatic rings. The van der Waals surface area contributed by atoms with Gasteiger partial charge in [0.1, 0.15) is 23.7 Å². The third kappa shape index (κ3) is 4.52. The molecule has 8 heteroatoms. The van der Waals surface area contributed by atoms with E-state index < -0.39 is 5.41 Å². The number of carbonyl (C=O) groups excluding carboxylic acids is 1. The average Bonchev–Trinajstić information content (AvgIpc) is 2.70. The van der Waals surface area contributed by atoms with Gasteiger partial charge in [0.05, 0.1) is 5.41 Å². The summed E-state index contributed by atoms with van der Waals surface area (Å²) in [6.45, 7) is 8.04. The van der Waals surface area contributed by atoms with E-state index >= 15 is 0 Å². The zero-order valence-corrected chi connectivity index (χ0v) is 17.0. The van der Waals surface area contributed by atoms with Crippen molar-refractivity contribution in [3.8, 4) is 11.6 Å². The SMILES string of the molecule is Cc1cc(F)ccc1Oc1cc(N2CCN(C(=O)C(C)(C)CCl)CC2)ncn1. The average molecular weight is 407 g/mol. The minimum absolute atomic E-state index is 0.0700. The number of aromatic nitrogens is 2. The fourth-order valence-electron chi connectivity index (χ4n) is 3.02. The van der Waals surface area contributed by atoms with Crippen molar-refractivity contribution in [3.63, 3.8) is 0 Å². The Labute approximate surface area is 169 Å². The first kappa shape index (κ1) is 20.3. The Bertz CT molecular complexity index is 854. The highest BCUT2D eigenvalue weighted by Crippen LogP contribution is 2.27. The fourth-order valence-corrected chi connectivity index (χ4v) is 3.14. The fraction of sp³-hybridized carbons (Fsp3) is 0.450. The van der Waals surface area contributed by atoms with Gasteiger partial charge < -0.3 is 14.5 Å². The molecule has 1 aliphatic heterocycles. The summed E-state index contributed by atoms with van der Waals surface area (Å²) in [5.74, 6) is 1.72. The zero-order chi connectivity index (χ0) is 20.3. The molecule has 1 aromatic carbocycles. The van der Waals surface area contributed by atoms with E-state index in [0.717, 1.165) is 5.82 Å². The van der Waals surface area contributed by atoms with Crippen molar-refractivity contribution in [2.24, 2.45) is 5.41 Å². The van der Waals surface area contributed by atoms with Crippen LogP contribution in [-0.2, 0) is 4.79 Å². The van der Waals surface area contributed by atoms with Crippen molar-refractivity contribution in [2.45, 2.75) is 20.8 Å². The quantitative estimate of drug-likeness (QED) is 0.709. The largest absolute Gasteiger partial charge is 0.439 e. The molecule has 0 radical (unpaired) electrons. The number of piperazine rings is 1. The lowest BCUT2D eigenvalue weighted by Gasteiger charge is -2.38. The Hall–Kier alpha value is -2.41. The predicted molar refractivity (Wildman–Crippen MR) is 107 cm³/mol. The Morgan fingerprint density at radius 1 is 1.21 bits per heavy atom.